The van der Waals surface area contributed by atoms with Crippen LogP contribution in [0, 0.1) is 6.92 Å². The SMILES string of the molecule is Cc1cc([B-](F)(F)F)ccc1OCCN1CCOCC1.[K+]. The van der Waals surface area contributed by atoms with Crippen LogP contribution < -0.4 is 61.6 Å². The van der Waals surface area contributed by atoms with Crippen molar-refractivity contribution in [2.75, 3.05) is 39.5 Å². The zero-order valence-electron chi connectivity index (χ0n) is 12.4. The van der Waals surface area contributed by atoms with Gasteiger partial charge in [-0.3, -0.25) is 4.90 Å². The Bertz CT molecular complexity index is 454. The van der Waals surface area contributed by atoms with E-state index in [9.17, 15) is 12.9 Å². The second kappa shape index (κ2) is 8.91. The van der Waals surface area contributed by atoms with Gasteiger partial charge in [0.1, 0.15) is 12.4 Å². The third kappa shape index (κ3) is 6.21. The number of ether oxygens (including phenoxy) is 2. The van der Waals surface area contributed by atoms with Gasteiger partial charge in [0.05, 0.1) is 13.2 Å². The molecule has 0 spiro atoms. The average Bonchev–Trinajstić information content (AvgIpc) is 2.40. The first kappa shape index (κ1) is 19.5. The van der Waals surface area contributed by atoms with E-state index >= 15 is 0 Å². The van der Waals surface area contributed by atoms with Gasteiger partial charge in [-0.1, -0.05) is 12.1 Å². The number of hydrogen-bond acceptors (Lipinski definition) is 3. The number of benzene rings is 1. The van der Waals surface area contributed by atoms with Crippen LogP contribution in [-0.4, -0.2) is 51.3 Å². The summed E-state index contributed by atoms with van der Waals surface area (Å²) in [5.74, 6) is 0.516. The summed E-state index contributed by atoms with van der Waals surface area (Å²) in [4.78, 5) is 2.21. The van der Waals surface area contributed by atoms with E-state index in [1.807, 2.05) is 0 Å². The molecule has 8 heteroatoms. The predicted octanol–water partition coefficient (Wildman–Crippen LogP) is -1.24. The van der Waals surface area contributed by atoms with Gasteiger partial charge in [-0.2, -0.15) is 0 Å². The van der Waals surface area contributed by atoms with Gasteiger partial charge in [0, 0.05) is 19.6 Å². The van der Waals surface area contributed by atoms with Gasteiger partial charge in [0.15, 0.2) is 0 Å². The summed E-state index contributed by atoms with van der Waals surface area (Å²) in [5, 5.41) is 0. The molecule has 1 fully saturated rings. The predicted molar refractivity (Wildman–Crippen MR) is 72.6 cm³/mol. The van der Waals surface area contributed by atoms with Crippen molar-refractivity contribution in [1.82, 2.24) is 4.90 Å². The molecule has 3 nitrogen and oxygen atoms in total. The minimum Gasteiger partial charge on any atom is -0.492 e. The van der Waals surface area contributed by atoms with E-state index in [-0.39, 0.29) is 51.4 Å². The molecule has 112 valence electrons. The molecule has 0 N–H and O–H groups in total. The molecule has 1 aromatic rings. The van der Waals surface area contributed by atoms with Crippen LogP contribution in [0.2, 0.25) is 0 Å². The number of nitrogens with zero attached hydrogens (tertiary/aromatic N) is 1. The monoisotopic (exact) mass is 327 g/mol. The number of morpholine rings is 1. The molecule has 0 aliphatic carbocycles. The maximum Gasteiger partial charge on any atom is 1.00 e. The van der Waals surface area contributed by atoms with E-state index in [1.165, 1.54) is 6.07 Å². The summed E-state index contributed by atoms with van der Waals surface area (Å²) < 4.78 is 48.6. The minimum absolute atomic E-state index is 0. The molecule has 1 aliphatic rings. The second-order valence-electron chi connectivity index (χ2n) is 4.90. The molecule has 1 heterocycles. The van der Waals surface area contributed by atoms with E-state index < -0.39 is 12.4 Å². The topological polar surface area (TPSA) is 21.7 Å². The molecule has 21 heavy (non-hydrogen) atoms. The zero-order chi connectivity index (χ0) is 14.6. The van der Waals surface area contributed by atoms with Gasteiger partial charge in [-0.05, 0) is 18.6 Å². The number of halogens is 3. The van der Waals surface area contributed by atoms with Gasteiger partial charge in [0.2, 0.25) is 0 Å². The van der Waals surface area contributed by atoms with Gasteiger partial charge in [0.25, 0.3) is 0 Å². The van der Waals surface area contributed by atoms with Gasteiger partial charge in [-0.15, -0.1) is 5.46 Å². The molecular weight excluding hydrogens is 309 g/mol. The normalized spacial score (nSPS) is 16.4. The number of rotatable bonds is 5. The molecule has 2 rings (SSSR count). The third-order valence-electron chi connectivity index (χ3n) is 3.35. The van der Waals surface area contributed by atoms with E-state index in [1.54, 1.807) is 6.92 Å². The van der Waals surface area contributed by atoms with Crippen molar-refractivity contribution in [1.29, 1.82) is 0 Å². The Morgan fingerprint density at radius 3 is 2.48 bits per heavy atom. The van der Waals surface area contributed by atoms with Crippen molar-refractivity contribution in [2.24, 2.45) is 0 Å². The first-order valence-electron chi connectivity index (χ1n) is 6.70. The fourth-order valence-electron chi connectivity index (χ4n) is 2.15. The molecule has 0 unspecified atom stereocenters. The van der Waals surface area contributed by atoms with Crippen molar-refractivity contribution in [3.8, 4) is 5.75 Å². The van der Waals surface area contributed by atoms with Crippen LogP contribution in [0.4, 0.5) is 12.9 Å². The molecule has 1 aromatic carbocycles. The van der Waals surface area contributed by atoms with Crippen LogP contribution >= 0.6 is 0 Å². The second-order valence-corrected chi connectivity index (χ2v) is 4.90. The minimum atomic E-state index is -4.95. The molecule has 1 saturated heterocycles. The van der Waals surface area contributed by atoms with Crippen LogP contribution in [0.5, 0.6) is 5.75 Å². The quantitative estimate of drug-likeness (QED) is 0.632. The zero-order valence-corrected chi connectivity index (χ0v) is 15.6. The largest absolute Gasteiger partial charge is 1.00 e. The molecule has 0 saturated carbocycles. The molecule has 0 radical (unpaired) electrons. The summed E-state index contributed by atoms with van der Waals surface area (Å²) in [7, 11) is 0. The van der Waals surface area contributed by atoms with Crippen LogP contribution in [0.1, 0.15) is 5.56 Å². The summed E-state index contributed by atoms with van der Waals surface area (Å²) in [6.07, 6.45) is 0. The first-order valence-corrected chi connectivity index (χ1v) is 6.70. The summed E-state index contributed by atoms with van der Waals surface area (Å²) in [6, 6.07) is 3.63. The van der Waals surface area contributed by atoms with Crippen molar-refractivity contribution >= 4 is 12.4 Å². The first-order chi connectivity index (χ1) is 9.47. The molecule has 0 amide bonds. The van der Waals surface area contributed by atoms with Crippen LogP contribution in [-0.2, 0) is 4.74 Å². The Hall–Kier alpha value is 0.431. The Kier molecular flexibility index (Phi) is 8.26. The fraction of sp³-hybridized carbons (Fsp3) is 0.538. The molecule has 1 aliphatic heterocycles. The van der Waals surface area contributed by atoms with Crippen LogP contribution in [0.25, 0.3) is 0 Å². The fourth-order valence-corrected chi connectivity index (χ4v) is 2.15. The number of aryl methyl sites for hydroxylation is 1. The van der Waals surface area contributed by atoms with Crippen molar-refractivity contribution < 1.29 is 73.8 Å². The van der Waals surface area contributed by atoms with Crippen molar-refractivity contribution in [2.45, 2.75) is 6.92 Å². The third-order valence-corrected chi connectivity index (χ3v) is 3.35. The van der Waals surface area contributed by atoms with Crippen molar-refractivity contribution in [3.63, 3.8) is 0 Å². The molecule has 0 atom stereocenters. The van der Waals surface area contributed by atoms with Crippen LogP contribution in [0.15, 0.2) is 18.2 Å². The Morgan fingerprint density at radius 1 is 1.24 bits per heavy atom. The Morgan fingerprint density at radius 2 is 1.90 bits per heavy atom. The summed E-state index contributed by atoms with van der Waals surface area (Å²) in [5.41, 5.74) is -0.0632. The van der Waals surface area contributed by atoms with Gasteiger partial charge >= 0.3 is 58.4 Å². The Balaban J connectivity index is 0.00000220. The maximum absolute atomic E-state index is 12.6. The number of hydrogen-bond donors (Lipinski definition) is 0. The van der Waals surface area contributed by atoms with E-state index in [0.29, 0.717) is 17.9 Å². The summed E-state index contributed by atoms with van der Waals surface area (Å²) in [6.45, 7) is 1.11. The Labute approximate surface area is 165 Å². The van der Waals surface area contributed by atoms with Gasteiger partial charge < -0.3 is 22.4 Å². The smallest absolute Gasteiger partial charge is 0.492 e. The maximum atomic E-state index is 12.6. The van der Waals surface area contributed by atoms with Gasteiger partial charge in [-0.25, -0.2) is 0 Å². The van der Waals surface area contributed by atoms with E-state index in [0.717, 1.165) is 45.0 Å². The molecule has 0 aromatic heterocycles. The van der Waals surface area contributed by atoms with E-state index in [2.05, 4.69) is 4.90 Å². The average molecular weight is 327 g/mol. The standard InChI is InChI=1S/C13H18BF3NO2.K/c1-11-10-12(14(15,16)17)2-3-13(11)20-9-6-18-4-7-19-8-5-18;/h2-3,10H,4-9H2,1H3;/q-1;+1. The van der Waals surface area contributed by atoms with Crippen molar-refractivity contribution in [3.05, 3.63) is 23.8 Å². The van der Waals surface area contributed by atoms with E-state index in [4.69, 9.17) is 9.47 Å². The summed E-state index contributed by atoms with van der Waals surface area (Å²) >= 11 is 0. The van der Waals surface area contributed by atoms with Crippen LogP contribution in [0.3, 0.4) is 0 Å². The molecule has 0 bridgehead atoms. The molecular formula is C13H18BF3KNO2.